The number of pyridine rings is 1. The second kappa shape index (κ2) is 7.35. The molecule has 126 valence electrons. The third-order valence-electron chi connectivity index (χ3n) is 3.34. The van der Waals surface area contributed by atoms with Gasteiger partial charge in [0.2, 0.25) is 0 Å². The highest BCUT2D eigenvalue weighted by Crippen LogP contribution is 2.18. The summed E-state index contributed by atoms with van der Waals surface area (Å²) in [6.07, 6.45) is 4.69. The van der Waals surface area contributed by atoms with E-state index in [-0.39, 0.29) is 11.7 Å². The van der Waals surface area contributed by atoms with Crippen molar-refractivity contribution in [1.82, 2.24) is 15.0 Å². The number of hydrogen-bond acceptors (Lipinski definition) is 6. The minimum atomic E-state index is -0.282. The third-order valence-corrected chi connectivity index (χ3v) is 3.34. The van der Waals surface area contributed by atoms with E-state index < -0.39 is 0 Å². The molecule has 1 aromatic carbocycles. The van der Waals surface area contributed by atoms with Gasteiger partial charge in [0.15, 0.2) is 0 Å². The summed E-state index contributed by atoms with van der Waals surface area (Å²) in [4.78, 5) is 12.5. The van der Waals surface area contributed by atoms with Crippen molar-refractivity contribution in [2.45, 2.75) is 6.54 Å². The van der Waals surface area contributed by atoms with Gasteiger partial charge in [-0.2, -0.15) is 0 Å². The van der Waals surface area contributed by atoms with Crippen molar-refractivity contribution in [2.75, 3.05) is 10.6 Å². The zero-order valence-corrected chi connectivity index (χ0v) is 13.2. The van der Waals surface area contributed by atoms with E-state index in [1.54, 1.807) is 42.9 Å². The SMILES string of the molecule is N=C(N)c1cc(NCc2ccc(F)cc2)nc(Nc2cnccn2)c1. The third kappa shape index (κ3) is 4.47. The van der Waals surface area contributed by atoms with E-state index in [1.807, 2.05) is 0 Å². The van der Waals surface area contributed by atoms with Gasteiger partial charge in [0, 0.05) is 24.5 Å². The van der Waals surface area contributed by atoms with Crippen LogP contribution in [0, 0.1) is 11.2 Å². The highest BCUT2D eigenvalue weighted by Gasteiger charge is 2.06. The maximum absolute atomic E-state index is 13.0. The van der Waals surface area contributed by atoms with Gasteiger partial charge in [0.1, 0.15) is 29.1 Å². The highest BCUT2D eigenvalue weighted by molar-refractivity contribution is 5.96. The van der Waals surface area contributed by atoms with E-state index >= 15 is 0 Å². The van der Waals surface area contributed by atoms with E-state index in [0.29, 0.717) is 29.6 Å². The second-order valence-corrected chi connectivity index (χ2v) is 5.24. The summed E-state index contributed by atoms with van der Waals surface area (Å²) in [6, 6.07) is 9.51. The topological polar surface area (TPSA) is 113 Å². The quantitative estimate of drug-likeness (QED) is 0.406. The molecule has 0 amide bonds. The first-order valence-corrected chi connectivity index (χ1v) is 7.48. The Bertz CT molecular complexity index is 866. The average molecular weight is 337 g/mol. The molecular weight excluding hydrogens is 321 g/mol. The number of aromatic nitrogens is 3. The highest BCUT2D eigenvalue weighted by atomic mass is 19.1. The molecule has 0 atom stereocenters. The predicted molar refractivity (Wildman–Crippen MR) is 94.3 cm³/mol. The first kappa shape index (κ1) is 16.3. The summed E-state index contributed by atoms with van der Waals surface area (Å²) in [5.74, 6) is 1.18. The van der Waals surface area contributed by atoms with Crippen LogP contribution in [0.15, 0.2) is 55.0 Å². The molecule has 0 bridgehead atoms. The molecule has 3 rings (SSSR count). The van der Waals surface area contributed by atoms with Crippen LogP contribution in [0.5, 0.6) is 0 Å². The molecule has 0 saturated carbocycles. The summed E-state index contributed by atoms with van der Waals surface area (Å²) in [5.41, 5.74) is 7.02. The van der Waals surface area contributed by atoms with Crippen LogP contribution in [-0.2, 0) is 6.54 Å². The molecule has 3 aromatic rings. The summed E-state index contributed by atoms with van der Waals surface area (Å²) in [5, 5.41) is 13.8. The number of nitrogens with two attached hydrogens (primary N) is 1. The van der Waals surface area contributed by atoms with Crippen LogP contribution in [0.2, 0.25) is 0 Å². The molecule has 0 radical (unpaired) electrons. The van der Waals surface area contributed by atoms with E-state index in [1.165, 1.54) is 12.1 Å². The molecule has 5 N–H and O–H groups in total. The fourth-order valence-corrected chi connectivity index (χ4v) is 2.13. The van der Waals surface area contributed by atoms with E-state index in [9.17, 15) is 4.39 Å². The van der Waals surface area contributed by atoms with Gasteiger partial charge in [-0.1, -0.05) is 12.1 Å². The van der Waals surface area contributed by atoms with Gasteiger partial charge < -0.3 is 16.4 Å². The first-order chi connectivity index (χ1) is 12.1. The maximum Gasteiger partial charge on any atom is 0.150 e. The number of amidine groups is 1. The largest absolute Gasteiger partial charge is 0.384 e. The normalized spacial score (nSPS) is 10.3. The molecule has 2 heterocycles. The Morgan fingerprint density at radius 1 is 1.08 bits per heavy atom. The summed E-state index contributed by atoms with van der Waals surface area (Å²) in [6.45, 7) is 0.458. The minimum Gasteiger partial charge on any atom is -0.384 e. The molecule has 0 aliphatic heterocycles. The molecule has 0 saturated heterocycles. The Kier molecular flexibility index (Phi) is 4.79. The number of nitrogen functional groups attached to an aromatic ring is 1. The number of halogens is 1. The molecule has 25 heavy (non-hydrogen) atoms. The summed E-state index contributed by atoms with van der Waals surface area (Å²) < 4.78 is 13.0. The zero-order chi connectivity index (χ0) is 17.6. The van der Waals surface area contributed by atoms with Crippen molar-refractivity contribution in [1.29, 1.82) is 5.41 Å². The Hall–Kier alpha value is -3.55. The number of anilines is 3. The van der Waals surface area contributed by atoms with Crippen LogP contribution >= 0.6 is 0 Å². The predicted octanol–water partition coefficient (Wildman–Crippen LogP) is 2.65. The van der Waals surface area contributed by atoms with Gasteiger partial charge in [-0.15, -0.1) is 0 Å². The van der Waals surface area contributed by atoms with Gasteiger partial charge >= 0.3 is 0 Å². The lowest BCUT2D eigenvalue weighted by Gasteiger charge is -2.11. The fraction of sp³-hybridized carbons (Fsp3) is 0.0588. The average Bonchev–Trinajstić information content (AvgIpc) is 2.62. The van der Waals surface area contributed by atoms with Crippen LogP contribution in [0.4, 0.5) is 21.8 Å². The van der Waals surface area contributed by atoms with E-state index in [0.717, 1.165) is 5.56 Å². The van der Waals surface area contributed by atoms with Crippen LogP contribution < -0.4 is 16.4 Å². The van der Waals surface area contributed by atoms with E-state index in [2.05, 4.69) is 25.6 Å². The van der Waals surface area contributed by atoms with Crippen LogP contribution in [0.25, 0.3) is 0 Å². The molecule has 0 aliphatic rings. The van der Waals surface area contributed by atoms with Gasteiger partial charge in [0.05, 0.1) is 6.20 Å². The standard InChI is InChI=1S/C17H16FN7/c18-13-3-1-11(2-4-13)9-23-14-7-12(17(19)20)8-15(24-14)25-16-10-21-5-6-22-16/h1-8,10H,9H2,(H3,19,20)(H2,22,23,24,25). The summed E-state index contributed by atoms with van der Waals surface area (Å²) >= 11 is 0. The molecule has 0 spiro atoms. The maximum atomic E-state index is 13.0. The Balaban J connectivity index is 1.80. The van der Waals surface area contributed by atoms with Crippen LogP contribution in [-0.4, -0.2) is 20.8 Å². The van der Waals surface area contributed by atoms with Gasteiger partial charge in [-0.25, -0.2) is 14.4 Å². The van der Waals surface area contributed by atoms with Crippen molar-refractivity contribution in [3.05, 3.63) is 71.9 Å². The molecule has 0 aliphatic carbocycles. The van der Waals surface area contributed by atoms with Gasteiger partial charge in [-0.05, 0) is 29.8 Å². The fourth-order valence-electron chi connectivity index (χ4n) is 2.13. The lowest BCUT2D eigenvalue weighted by molar-refractivity contribution is 0.627. The number of benzene rings is 1. The Morgan fingerprint density at radius 3 is 2.52 bits per heavy atom. The monoisotopic (exact) mass is 337 g/mol. The lowest BCUT2D eigenvalue weighted by atomic mass is 10.2. The van der Waals surface area contributed by atoms with Crippen molar-refractivity contribution >= 4 is 23.3 Å². The van der Waals surface area contributed by atoms with Crippen LogP contribution in [0.1, 0.15) is 11.1 Å². The molecule has 7 nitrogen and oxygen atoms in total. The Labute approximate surface area is 143 Å². The number of nitrogens with one attached hydrogen (secondary N) is 3. The minimum absolute atomic E-state index is 0.0746. The van der Waals surface area contributed by atoms with Crippen molar-refractivity contribution in [2.24, 2.45) is 5.73 Å². The Morgan fingerprint density at radius 2 is 1.84 bits per heavy atom. The molecule has 8 heteroatoms. The molecule has 0 fully saturated rings. The second-order valence-electron chi connectivity index (χ2n) is 5.24. The molecule has 2 aromatic heterocycles. The molecule has 0 unspecified atom stereocenters. The van der Waals surface area contributed by atoms with Gasteiger partial charge in [0.25, 0.3) is 0 Å². The van der Waals surface area contributed by atoms with Gasteiger partial charge in [-0.3, -0.25) is 10.4 Å². The zero-order valence-electron chi connectivity index (χ0n) is 13.2. The van der Waals surface area contributed by atoms with Crippen LogP contribution in [0.3, 0.4) is 0 Å². The number of rotatable bonds is 6. The smallest absolute Gasteiger partial charge is 0.150 e. The van der Waals surface area contributed by atoms with Crippen molar-refractivity contribution in [3.8, 4) is 0 Å². The first-order valence-electron chi connectivity index (χ1n) is 7.48. The van der Waals surface area contributed by atoms with Crippen molar-refractivity contribution < 1.29 is 4.39 Å². The van der Waals surface area contributed by atoms with Crippen molar-refractivity contribution in [3.63, 3.8) is 0 Å². The summed E-state index contributed by atoms with van der Waals surface area (Å²) in [7, 11) is 0. The number of nitrogens with zero attached hydrogens (tertiary/aromatic N) is 3. The lowest BCUT2D eigenvalue weighted by Crippen LogP contribution is -2.13. The number of hydrogen-bond donors (Lipinski definition) is 4. The van der Waals surface area contributed by atoms with E-state index in [4.69, 9.17) is 11.1 Å². The molecular formula is C17H16FN7.